The van der Waals surface area contributed by atoms with Gasteiger partial charge in [-0.25, -0.2) is 0 Å². The number of carbonyl (C=O) groups excluding carboxylic acids is 4. The van der Waals surface area contributed by atoms with Gasteiger partial charge in [-0.05, 0) is 38.0 Å². The van der Waals surface area contributed by atoms with Gasteiger partial charge in [-0.1, -0.05) is 13.0 Å². The summed E-state index contributed by atoms with van der Waals surface area (Å²) in [6.07, 6.45) is -2.09. The molecular formula is C23H23NO8. The number of Topliss-reactive ketones (excluding diaryl/α,β-unsaturated/α-hetero) is 4. The lowest BCUT2D eigenvalue weighted by Gasteiger charge is -2.39. The van der Waals surface area contributed by atoms with Gasteiger partial charge in [-0.2, -0.15) is 0 Å². The number of aliphatic hydroxyl groups excluding tert-OH is 2. The van der Waals surface area contributed by atoms with Crippen molar-refractivity contribution in [3.63, 3.8) is 0 Å². The molecule has 4 atom stereocenters. The van der Waals surface area contributed by atoms with E-state index >= 15 is 0 Å². The number of aliphatic hydroxyl groups is 2. The van der Waals surface area contributed by atoms with E-state index < -0.39 is 58.4 Å². The molecule has 3 aliphatic rings. The normalized spacial score (nSPS) is 31.8. The van der Waals surface area contributed by atoms with Crippen LogP contribution < -0.4 is 5.32 Å². The van der Waals surface area contributed by atoms with E-state index in [1.165, 1.54) is 39.8 Å². The molecule has 2 aliphatic heterocycles. The molecule has 4 rings (SSSR count). The summed E-state index contributed by atoms with van der Waals surface area (Å²) in [6, 6.07) is 1.33. The molecule has 3 bridgehead atoms. The van der Waals surface area contributed by atoms with Crippen LogP contribution in [0.5, 0.6) is 5.75 Å². The smallest absolute Gasteiger partial charge is 0.231 e. The van der Waals surface area contributed by atoms with Crippen LogP contribution in [-0.4, -0.2) is 62.8 Å². The summed E-state index contributed by atoms with van der Waals surface area (Å²) in [5.41, 5.74) is -2.35. The first-order valence-electron chi connectivity index (χ1n) is 10.2. The summed E-state index contributed by atoms with van der Waals surface area (Å²) in [5, 5.41) is 34.5. The minimum Gasteiger partial charge on any atom is -0.507 e. The number of rotatable bonds is 0. The fourth-order valence-electron chi connectivity index (χ4n) is 4.34. The maximum absolute atomic E-state index is 13.4. The lowest BCUT2D eigenvalue weighted by Crippen LogP contribution is -2.58. The van der Waals surface area contributed by atoms with Crippen molar-refractivity contribution in [3.05, 3.63) is 51.4 Å². The fourth-order valence-corrected chi connectivity index (χ4v) is 4.34. The highest BCUT2D eigenvalue weighted by Gasteiger charge is 2.50. The number of aryl methyl sites for hydroxylation is 1. The Hall–Kier alpha value is -3.30. The van der Waals surface area contributed by atoms with Crippen LogP contribution >= 0.6 is 0 Å². The molecule has 1 aromatic rings. The number of nitrogens with one attached hydrogen (secondary N) is 1. The van der Waals surface area contributed by atoms with Crippen molar-refractivity contribution in [2.45, 2.75) is 45.5 Å². The predicted molar refractivity (Wildman–Crippen MR) is 110 cm³/mol. The van der Waals surface area contributed by atoms with Crippen LogP contribution in [0.25, 0.3) is 0 Å². The molecule has 0 saturated heterocycles. The largest absolute Gasteiger partial charge is 0.507 e. The topological polar surface area (TPSA) is 150 Å². The Bertz CT molecular complexity index is 1180. The highest BCUT2D eigenvalue weighted by atomic mass is 16.5. The Balaban J connectivity index is 2.06. The van der Waals surface area contributed by atoms with E-state index in [-0.39, 0.29) is 40.1 Å². The molecule has 0 fully saturated rings. The van der Waals surface area contributed by atoms with Gasteiger partial charge in [0, 0.05) is 11.5 Å². The number of benzene rings is 1. The number of aromatic hydroxyl groups is 1. The number of hydrogen-bond donors (Lipinski definition) is 4. The molecule has 0 saturated carbocycles. The number of hydrogen-bond acceptors (Lipinski definition) is 9. The maximum atomic E-state index is 13.4. The van der Waals surface area contributed by atoms with E-state index in [9.17, 15) is 34.5 Å². The van der Waals surface area contributed by atoms with Gasteiger partial charge >= 0.3 is 0 Å². The summed E-state index contributed by atoms with van der Waals surface area (Å²) in [4.78, 5) is 52.9. The van der Waals surface area contributed by atoms with Crippen molar-refractivity contribution >= 4 is 23.1 Å². The first-order valence-corrected chi connectivity index (χ1v) is 10.2. The monoisotopic (exact) mass is 441 g/mol. The minimum atomic E-state index is -1.87. The molecule has 168 valence electrons. The first kappa shape index (κ1) is 21.9. The molecule has 9 nitrogen and oxygen atoms in total. The molecule has 2 heterocycles. The highest BCUT2D eigenvalue weighted by molar-refractivity contribution is 6.31. The van der Waals surface area contributed by atoms with Gasteiger partial charge in [0.1, 0.15) is 17.6 Å². The molecular weight excluding hydrogens is 418 g/mol. The third kappa shape index (κ3) is 2.92. The van der Waals surface area contributed by atoms with Crippen molar-refractivity contribution in [1.82, 2.24) is 5.32 Å². The van der Waals surface area contributed by atoms with Crippen molar-refractivity contribution in [2.24, 2.45) is 5.92 Å². The Labute approximate surface area is 183 Å². The second kappa shape index (κ2) is 7.11. The van der Waals surface area contributed by atoms with Crippen molar-refractivity contribution in [2.75, 3.05) is 6.54 Å². The number of phenolic OH excluding ortho intramolecular Hbond substituents is 1. The van der Waals surface area contributed by atoms with Crippen LogP contribution in [0.3, 0.4) is 0 Å². The van der Waals surface area contributed by atoms with Gasteiger partial charge in [0.15, 0.2) is 17.1 Å². The van der Waals surface area contributed by atoms with Crippen LogP contribution in [0.15, 0.2) is 29.2 Å². The van der Waals surface area contributed by atoms with Gasteiger partial charge < -0.3 is 25.4 Å². The van der Waals surface area contributed by atoms with Crippen LogP contribution in [0.2, 0.25) is 0 Å². The second-order valence-corrected chi connectivity index (χ2v) is 8.73. The summed E-state index contributed by atoms with van der Waals surface area (Å²) >= 11 is 0. The maximum Gasteiger partial charge on any atom is 0.231 e. The number of phenols is 1. The zero-order chi connectivity index (χ0) is 23.7. The number of allylic oxidation sites excluding steroid dienone is 3. The van der Waals surface area contributed by atoms with Crippen LogP contribution in [0.4, 0.5) is 0 Å². The summed E-state index contributed by atoms with van der Waals surface area (Å²) in [6.45, 7) is 5.54. The minimum absolute atomic E-state index is 0.0609. The SMILES string of the molecule is C/C1=C/[C@H](C)[C@H](O)[C@H](O)C(=O)[C@]2(C)CNC3=C(O2)C(=O)c2c(cc(C)c(O)c2C1=O)C3=O. The average Bonchev–Trinajstić information content (AvgIpc) is 2.76. The second-order valence-electron chi connectivity index (χ2n) is 8.73. The lowest BCUT2D eigenvalue weighted by atomic mass is 9.82. The zero-order valence-electron chi connectivity index (χ0n) is 18.0. The fraction of sp³-hybridized carbons (Fsp3) is 0.391. The molecule has 1 aromatic carbocycles. The van der Waals surface area contributed by atoms with Crippen LogP contribution in [0, 0.1) is 12.8 Å². The Morgan fingerprint density at radius 3 is 2.38 bits per heavy atom. The third-order valence-electron chi connectivity index (χ3n) is 6.30. The number of ether oxygens (including phenoxy) is 1. The van der Waals surface area contributed by atoms with E-state index in [2.05, 4.69) is 5.32 Å². The Morgan fingerprint density at radius 1 is 1.06 bits per heavy atom. The Morgan fingerprint density at radius 2 is 1.72 bits per heavy atom. The summed E-state index contributed by atoms with van der Waals surface area (Å²) in [5.74, 6) is -4.82. The summed E-state index contributed by atoms with van der Waals surface area (Å²) in [7, 11) is 0. The van der Waals surface area contributed by atoms with Crippen molar-refractivity contribution in [3.8, 4) is 5.75 Å². The zero-order valence-corrected chi connectivity index (χ0v) is 18.0. The molecule has 0 amide bonds. The van der Waals surface area contributed by atoms with E-state index in [1.54, 1.807) is 0 Å². The molecule has 0 unspecified atom stereocenters. The standard InChI is InChI=1S/C23H23NO8/c1-8-5-9(2)17(27)20(30)22(31)23(4)7-24-14-18(28)11-6-10(3)16(26)13(15(8)25)12(11)19(29)21(14)32-23/h5-6,9,17,20,24,26-27,30H,7H2,1-4H3/b8-5-/t9-,17-,20-,23-/m0/s1. The van der Waals surface area contributed by atoms with Gasteiger partial charge in [0.05, 0.1) is 23.8 Å². The van der Waals surface area contributed by atoms with Gasteiger partial charge in [0.25, 0.3) is 0 Å². The van der Waals surface area contributed by atoms with E-state index in [0.29, 0.717) is 0 Å². The first-order chi connectivity index (χ1) is 14.9. The molecule has 32 heavy (non-hydrogen) atoms. The number of carbonyl (C=O) groups is 4. The summed E-state index contributed by atoms with van der Waals surface area (Å²) < 4.78 is 5.70. The number of ketones is 4. The lowest BCUT2D eigenvalue weighted by molar-refractivity contribution is -0.154. The average molecular weight is 441 g/mol. The molecule has 9 heteroatoms. The van der Waals surface area contributed by atoms with Gasteiger partial charge in [0.2, 0.25) is 17.3 Å². The Kier molecular flexibility index (Phi) is 4.87. The van der Waals surface area contributed by atoms with Crippen molar-refractivity contribution < 1.29 is 39.2 Å². The molecule has 0 radical (unpaired) electrons. The van der Waals surface area contributed by atoms with E-state index in [1.807, 2.05) is 0 Å². The molecule has 0 aromatic heterocycles. The molecule has 4 N–H and O–H groups in total. The highest BCUT2D eigenvalue weighted by Crippen LogP contribution is 2.39. The van der Waals surface area contributed by atoms with Gasteiger partial charge in [-0.15, -0.1) is 0 Å². The number of fused-ring (bicyclic) bond motifs is 1. The molecule has 0 spiro atoms. The van der Waals surface area contributed by atoms with E-state index in [4.69, 9.17) is 4.74 Å². The van der Waals surface area contributed by atoms with Gasteiger partial charge in [-0.3, -0.25) is 19.2 Å². The van der Waals surface area contributed by atoms with Crippen LogP contribution in [-0.2, 0) is 9.53 Å². The quantitative estimate of drug-likeness (QED) is 0.457. The predicted octanol–water partition coefficient (Wildman–Crippen LogP) is 0.739. The van der Waals surface area contributed by atoms with E-state index in [0.717, 1.165) is 0 Å². The van der Waals surface area contributed by atoms with Crippen LogP contribution in [0.1, 0.15) is 57.4 Å². The molecule has 1 aliphatic carbocycles. The third-order valence-corrected chi connectivity index (χ3v) is 6.30. The van der Waals surface area contributed by atoms with Crippen molar-refractivity contribution in [1.29, 1.82) is 0 Å².